The summed E-state index contributed by atoms with van der Waals surface area (Å²) in [5.41, 5.74) is 1.32. The van der Waals surface area contributed by atoms with Crippen LogP contribution in [0.15, 0.2) is 23.6 Å². The Balaban J connectivity index is 2.70. The van der Waals surface area contributed by atoms with E-state index in [1.54, 1.807) is 11.3 Å². The highest BCUT2D eigenvalue weighted by Crippen LogP contribution is 2.32. The molecule has 0 bridgehead atoms. The normalized spacial score (nSPS) is 11.4. The maximum absolute atomic E-state index is 6.16. The fraction of sp³-hybridized carbons (Fsp3) is 0.273. The first-order chi connectivity index (χ1) is 6.18. The van der Waals surface area contributed by atoms with Crippen molar-refractivity contribution in [3.8, 4) is 0 Å². The van der Waals surface area contributed by atoms with E-state index in [1.165, 1.54) is 15.6 Å². The zero-order chi connectivity index (χ0) is 9.42. The van der Waals surface area contributed by atoms with E-state index in [9.17, 15) is 0 Å². The van der Waals surface area contributed by atoms with Gasteiger partial charge in [-0.05, 0) is 40.4 Å². The standard InChI is InChI=1S/C11H11ClS/c1-7(2)9-5-8-3-4-13-11(8)10(12)6-9/h3-7H,1-2H3. The number of rotatable bonds is 1. The summed E-state index contributed by atoms with van der Waals surface area (Å²) < 4.78 is 1.20. The Morgan fingerprint density at radius 3 is 2.77 bits per heavy atom. The summed E-state index contributed by atoms with van der Waals surface area (Å²) in [7, 11) is 0. The highest BCUT2D eigenvalue weighted by molar-refractivity contribution is 7.17. The number of thiophene rings is 1. The number of halogens is 1. The minimum atomic E-state index is 0.543. The van der Waals surface area contributed by atoms with Gasteiger partial charge in [-0.1, -0.05) is 25.4 Å². The Hall–Kier alpha value is -0.530. The number of hydrogen-bond acceptors (Lipinski definition) is 1. The highest BCUT2D eigenvalue weighted by Gasteiger charge is 2.05. The van der Waals surface area contributed by atoms with Crippen molar-refractivity contribution in [3.63, 3.8) is 0 Å². The predicted molar refractivity (Wildman–Crippen MR) is 60.9 cm³/mol. The molecular weight excluding hydrogens is 200 g/mol. The average Bonchev–Trinajstić information content (AvgIpc) is 2.51. The van der Waals surface area contributed by atoms with Crippen LogP contribution >= 0.6 is 22.9 Å². The van der Waals surface area contributed by atoms with Crippen LogP contribution in [0, 0.1) is 0 Å². The summed E-state index contributed by atoms with van der Waals surface area (Å²) >= 11 is 7.86. The van der Waals surface area contributed by atoms with E-state index in [0.29, 0.717) is 5.92 Å². The molecule has 2 heteroatoms. The third-order valence-corrected chi connectivity index (χ3v) is 3.57. The molecule has 68 valence electrons. The second-order valence-corrected chi connectivity index (χ2v) is 4.82. The van der Waals surface area contributed by atoms with Gasteiger partial charge in [0.15, 0.2) is 0 Å². The summed E-state index contributed by atoms with van der Waals surface area (Å²) in [6, 6.07) is 6.42. The Morgan fingerprint density at radius 1 is 1.31 bits per heavy atom. The van der Waals surface area contributed by atoms with Gasteiger partial charge in [0.05, 0.1) is 9.72 Å². The smallest absolute Gasteiger partial charge is 0.0587 e. The third-order valence-electron chi connectivity index (χ3n) is 2.19. The molecule has 0 fully saturated rings. The number of hydrogen-bond donors (Lipinski definition) is 0. The molecular formula is C11H11ClS. The van der Waals surface area contributed by atoms with Gasteiger partial charge in [0.25, 0.3) is 0 Å². The Labute approximate surface area is 87.2 Å². The van der Waals surface area contributed by atoms with E-state index in [2.05, 4.69) is 37.4 Å². The summed E-state index contributed by atoms with van der Waals surface area (Å²) in [5.74, 6) is 0.543. The fourth-order valence-electron chi connectivity index (χ4n) is 1.39. The van der Waals surface area contributed by atoms with Gasteiger partial charge < -0.3 is 0 Å². The topological polar surface area (TPSA) is 0 Å². The maximum atomic E-state index is 6.16. The van der Waals surface area contributed by atoms with Crippen LogP contribution in [0.2, 0.25) is 5.02 Å². The monoisotopic (exact) mass is 210 g/mol. The van der Waals surface area contributed by atoms with Gasteiger partial charge in [-0.25, -0.2) is 0 Å². The Kier molecular flexibility index (Phi) is 2.31. The molecule has 2 aromatic rings. The molecule has 0 spiro atoms. The Morgan fingerprint density at radius 2 is 2.08 bits per heavy atom. The van der Waals surface area contributed by atoms with Crippen LogP contribution in [0.5, 0.6) is 0 Å². The second kappa shape index (κ2) is 3.32. The maximum Gasteiger partial charge on any atom is 0.0587 e. The van der Waals surface area contributed by atoms with Crippen molar-refractivity contribution < 1.29 is 0 Å². The largest absolute Gasteiger partial charge is 0.142 e. The molecule has 0 nitrogen and oxygen atoms in total. The van der Waals surface area contributed by atoms with Crippen molar-refractivity contribution in [1.29, 1.82) is 0 Å². The van der Waals surface area contributed by atoms with Gasteiger partial charge in [0.1, 0.15) is 0 Å². The lowest BCUT2D eigenvalue weighted by molar-refractivity contribution is 0.869. The molecule has 0 aliphatic carbocycles. The zero-order valence-electron chi connectivity index (χ0n) is 7.67. The molecule has 2 rings (SSSR count). The van der Waals surface area contributed by atoms with Gasteiger partial charge in [0.2, 0.25) is 0 Å². The van der Waals surface area contributed by atoms with Gasteiger partial charge in [-0.15, -0.1) is 11.3 Å². The predicted octanol–water partition coefficient (Wildman–Crippen LogP) is 4.68. The van der Waals surface area contributed by atoms with Crippen LogP contribution in [0.3, 0.4) is 0 Å². The number of benzene rings is 1. The van der Waals surface area contributed by atoms with Crippen LogP contribution in [0.1, 0.15) is 25.3 Å². The molecule has 1 aromatic carbocycles. The van der Waals surface area contributed by atoms with Crippen LogP contribution in [0.25, 0.3) is 10.1 Å². The molecule has 1 aromatic heterocycles. The molecule has 0 aliphatic rings. The van der Waals surface area contributed by atoms with Gasteiger partial charge in [-0.3, -0.25) is 0 Å². The lowest BCUT2D eigenvalue weighted by Gasteiger charge is -2.06. The lowest BCUT2D eigenvalue weighted by Crippen LogP contribution is -1.85. The van der Waals surface area contributed by atoms with E-state index in [0.717, 1.165) is 5.02 Å². The average molecular weight is 211 g/mol. The van der Waals surface area contributed by atoms with E-state index < -0.39 is 0 Å². The van der Waals surface area contributed by atoms with Crippen molar-refractivity contribution in [2.45, 2.75) is 19.8 Å². The summed E-state index contributed by atoms with van der Waals surface area (Å²) in [4.78, 5) is 0. The van der Waals surface area contributed by atoms with Crippen LogP contribution in [0.4, 0.5) is 0 Å². The van der Waals surface area contributed by atoms with Crippen LogP contribution in [-0.2, 0) is 0 Å². The van der Waals surface area contributed by atoms with Crippen LogP contribution < -0.4 is 0 Å². The molecule has 0 saturated heterocycles. The summed E-state index contributed by atoms with van der Waals surface area (Å²) in [6.45, 7) is 4.37. The quantitative estimate of drug-likeness (QED) is 0.641. The van der Waals surface area contributed by atoms with Crippen LogP contribution in [-0.4, -0.2) is 0 Å². The summed E-state index contributed by atoms with van der Waals surface area (Å²) in [6.07, 6.45) is 0. The van der Waals surface area contributed by atoms with Gasteiger partial charge in [-0.2, -0.15) is 0 Å². The van der Waals surface area contributed by atoms with E-state index >= 15 is 0 Å². The fourth-order valence-corrected chi connectivity index (χ4v) is 2.55. The molecule has 0 aliphatic heterocycles. The SMILES string of the molecule is CC(C)c1cc(Cl)c2sccc2c1. The first kappa shape index (κ1) is 9.04. The molecule has 0 radical (unpaired) electrons. The lowest BCUT2D eigenvalue weighted by atomic mass is 10.0. The third kappa shape index (κ3) is 1.59. The van der Waals surface area contributed by atoms with Crippen molar-refractivity contribution in [2.75, 3.05) is 0 Å². The molecule has 0 amide bonds. The molecule has 0 N–H and O–H groups in total. The second-order valence-electron chi connectivity index (χ2n) is 3.50. The molecule has 0 unspecified atom stereocenters. The highest BCUT2D eigenvalue weighted by atomic mass is 35.5. The molecule has 13 heavy (non-hydrogen) atoms. The Bertz CT molecular complexity index is 429. The minimum absolute atomic E-state index is 0.543. The van der Waals surface area contributed by atoms with Gasteiger partial charge >= 0.3 is 0 Å². The molecule has 0 saturated carbocycles. The van der Waals surface area contributed by atoms with Crippen molar-refractivity contribution in [2.24, 2.45) is 0 Å². The first-order valence-electron chi connectivity index (χ1n) is 4.35. The first-order valence-corrected chi connectivity index (χ1v) is 5.61. The zero-order valence-corrected chi connectivity index (χ0v) is 9.25. The van der Waals surface area contributed by atoms with Crippen molar-refractivity contribution in [3.05, 3.63) is 34.2 Å². The van der Waals surface area contributed by atoms with E-state index in [4.69, 9.17) is 11.6 Å². The van der Waals surface area contributed by atoms with Crippen molar-refractivity contribution >= 4 is 33.0 Å². The van der Waals surface area contributed by atoms with Crippen molar-refractivity contribution in [1.82, 2.24) is 0 Å². The molecule has 1 heterocycles. The van der Waals surface area contributed by atoms with E-state index in [-0.39, 0.29) is 0 Å². The molecule has 0 atom stereocenters. The minimum Gasteiger partial charge on any atom is -0.142 e. The number of fused-ring (bicyclic) bond motifs is 1. The van der Waals surface area contributed by atoms with E-state index in [1.807, 2.05) is 0 Å². The van der Waals surface area contributed by atoms with Gasteiger partial charge in [0, 0.05) is 0 Å². The summed E-state index contributed by atoms with van der Waals surface area (Å²) in [5, 5.41) is 4.23.